The molecule has 1 saturated heterocycles. The van der Waals surface area contributed by atoms with E-state index in [0.717, 1.165) is 23.7 Å². The number of amides is 2. The van der Waals surface area contributed by atoms with Crippen LogP contribution in [0, 0.1) is 11.8 Å². The van der Waals surface area contributed by atoms with Crippen LogP contribution in [0.3, 0.4) is 0 Å². The summed E-state index contributed by atoms with van der Waals surface area (Å²) in [5.74, 6) is 0.145. The molecule has 0 bridgehead atoms. The Morgan fingerprint density at radius 1 is 1.26 bits per heavy atom. The molecule has 1 aromatic heterocycles. The highest BCUT2D eigenvalue weighted by atomic mass is 35.5. The minimum absolute atomic E-state index is 0. The highest BCUT2D eigenvalue weighted by molar-refractivity contribution is 7.98. The van der Waals surface area contributed by atoms with Crippen molar-refractivity contribution in [3.63, 3.8) is 0 Å². The lowest BCUT2D eigenvalue weighted by Gasteiger charge is -2.31. The van der Waals surface area contributed by atoms with Crippen LogP contribution < -0.4 is 16.0 Å². The van der Waals surface area contributed by atoms with Gasteiger partial charge in [-0.15, -0.1) is 24.2 Å². The maximum absolute atomic E-state index is 12.2. The van der Waals surface area contributed by atoms with Gasteiger partial charge >= 0.3 is 0 Å². The van der Waals surface area contributed by atoms with Gasteiger partial charge in [-0.1, -0.05) is 6.92 Å². The average molecular weight is 410 g/mol. The Labute approximate surface area is 169 Å². The second kappa shape index (κ2) is 9.77. The Morgan fingerprint density at radius 2 is 1.96 bits per heavy atom. The van der Waals surface area contributed by atoms with E-state index in [0.29, 0.717) is 11.6 Å². The molecule has 146 valence electrons. The van der Waals surface area contributed by atoms with Crippen molar-refractivity contribution in [3.05, 3.63) is 36.7 Å². The summed E-state index contributed by atoms with van der Waals surface area (Å²) in [6, 6.07) is 7.66. The summed E-state index contributed by atoms with van der Waals surface area (Å²) < 4.78 is 1.51. The molecule has 0 saturated carbocycles. The lowest BCUT2D eigenvalue weighted by molar-refractivity contribution is -0.121. The van der Waals surface area contributed by atoms with Crippen molar-refractivity contribution in [1.29, 1.82) is 0 Å². The van der Waals surface area contributed by atoms with E-state index in [1.54, 1.807) is 24.2 Å². The first-order valence-electron chi connectivity index (χ1n) is 8.53. The topological polar surface area (TPSA) is 88.0 Å². The summed E-state index contributed by atoms with van der Waals surface area (Å²) in [6.45, 7) is 3.78. The number of thioether (sulfide) groups is 1. The summed E-state index contributed by atoms with van der Waals surface area (Å²) in [5.41, 5.74) is 1.35. The summed E-state index contributed by atoms with van der Waals surface area (Å²) in [7, 11) is 0. The SMILES string of the molecule is CSc1ccc(NC(=O)Cn2cc(NC(=O)C(C)C3CNC3)cn2)cc1.Cl. The normalized spacial score (nSPS) is 14.6. The number of nitrogens with one attached hydrogen (secondary N) is 3. The van der Waals surface area contributed by atoms with Gasteiger partial charge < -0.3 is 16.0 Å². The van der Waals surface area contributed by atoms with E-state index in [-0.39, 0.29) is 36.7 Å². The van der Waals surface area contributed by atoms with Crippen LogP contribution in [-0.4, -0.2) is 40.9 Å². The van der Waals surface area contributed by atoms with Gasteiger partial charge in [0, 0.05) is 22.7 Å². The first kappa shape index (κ1) is 21.3. The van der Waals surface area contributed by atoms with Crippen LogP contribution in [-0.2, 0) is 16.1 Å². The Kier molecular flexibility index (Phi) is 7.70. The Hall–Kier alpha value is -2.03. The first-order chi connectivity index (χ1) is 12.5. The third-order valence-electron chi connectivity index (χ3n) is 4.51. The predicted octanol–water partition coefficient (Wildman–Crippen LogP) is 2.46. The molecule has 3 rings (SSSR count). The third-order valence-corrected chi connectivity index (χ3v) is 5.26. The van der Waals surface area contributed by atoms with E-state index >= 15 is 0 Å². The van der Waals surface area contributed by atoms with Crippen LogP contribution >= 0.6 is 24.2 Å². The smallest absolute Gasteiger partial charge is 0.246 e. The monoisotopic (exact) mass is 409 g/mol. The van der Waals surface area contributed by atoms with Gasteiger partial charge in [0.1, 0.15) is 6.54 Å². The van der Waals surface area contributed by atoms with Crippen molar-refractivity contribution in [2.45, 2.75) is 18.4 Å². The van der Waals surface area contributed by atoms with Gasteiger partial charge in [-0.3, -0.25) is 14.3 Å². The maximum atomic E-state index is 12.2. The molecule has 0 aliphatic carbocycles. The van der Waals surface area contributed by atoms with Crippen LogP contribution in [0.2, 0.25) is 0 Å². The number of benzene rings is 1. The molecule has 2 aromatic rings. The number of carbonyl (C=O) groups excluding carboxylic acids is 2. The van der Waals surface area contributed by atoms with Crippen LogP contribution in [0.15, 0.2) is 41.6 Å². The molecule has 1 unspecified atom stereocenters. The zero-order chi connectivity index (χ0) is 18.5. The largest absolute Gasteiger partial charge is 0.324 e. The standard InChI is InChI=1S/C18H23N5O2S.ClH/c1-12(13-7-19-8-13)18(25)22-15-9-20-23(10-15)11-17(24)21-14-3-5-16(26-2)6-4-14;/h3-6,9-10,12-13,19H,7-8,11H2,1-2H3,(H,21,24)(H,22,25);1H. The van der Waals surface area contributed by atoms with Crippen molar-refractivity contribution in [2.24, 2.45) is 11.8 Å². The maximum Gasteiger partial charge on any atom is 0.246 e. The van der Waals surface area contributed by atoms with Gasteiger partial charge in [-0.25, -0.2) is 0 Å². The summed E-state index contributed by atoms with van der Waals surface area (Å²) in [6.07, 6.45) is 5.23. The molecular formula is C18H24ClN5O2S. The summed E-state index contributed by atoms with van der Waals surface area (Å²) in [5, 5.41) is 13.0. The highest BCUT2D eigenvalue weighted by Gasteiger charge is 2.28. The van der Waals surface area contributed by atoms with Crippen LogP contribution in [0.4, 0.5) is 11.4 Å². The van der Waals surface area contributed by atoms with E-state index in [9.17, 15) is 9.59 Å². The van der Waals surface area contributed by atoms with Gasteiger partial charge in [0.2, 0.25) is 11.8 Å². The van der Waals surface area contributed by atoms with Crippen LogP contribution in [0.25, 0.3) is 0 Å². The number of anilines is 2. The highest BCUT2D eigenvalue weighted by Crippen LogP contribution is 2.19. The van der Waals surface area contributed by atoms with Crippen molar-refractivity contribution in [2.75, 3.05) is 30.0 Å². The van der Waals surface area contributed by atoms with Crippen molar-refractivity contribution >= 4 is 47.4 Å². The van der Waals surface area contributed by atoms with Gasteiger partial charge in [0.15, 0.2) is 0 Å². The molecule has 1 aliphatic heterocycles. The summed E-state index contributed by atoms with van der Waals surface area (Å²) >= 11 is 1.65. The average Bonchev–Trinajstić information content (AvgIpc) is 3.00. The zero-order valence-corrected chi connectivity index (χ0v) is 16.9. The molecule has 0 radical (unpaired) electrons. The van der Waals surface area contributed by atoms with E-state index in [2.05, 4.69) is 21.0 Å². The fourth-order valence-electron chi connectivity index (χ4n) is 2.67. The molecule has 1 fully saturated rings. The molecule has 1 aliphatic rings. The van der Waals surface area contributed by atoms with Gasteiger partial charge in [0.25, 0.3) is 0 Å². The van der Waals surface area contributed by atoms with Gasteiger partial charge in [-0.05, 0) is 49.5 Å². The second-order valence-corrected chi connectivity index (χ2v) is 7.28. The third kappa shape index (κ3) is 5.72. The van der Waals surface area contributed by atoms with Crippen LogP contribution in [0.5, 0.6) is 0 Å². The quantitative estimate of drug-likeness (QED) is 0.611. The molecule has 7 nitrogen and oxygen atoms in total. The number of nitrogens with zero attached hydrogens (tertiary/aromatic N) is 2. The van der Waals surface area contributed by atoms with Gasteiger partial charge in [0.05, 0.1) is 11.9 Å². The number of halogens is 1. The van der Waals surface area contributed by atoms with E-state index < -0.39 is 0 Å². The predicted molar refractivity (Wildman–Crippen MR) is 110 cm³/mol. The minimum Gasteiger partial charge on any atom is -0.324 e. The van der Waals surface area contributed by atoms with E-state index in [1.807, 2.05) is 37.4 Å². The van der Waals surface area contributed by atoms with E-state index in [1.165, 1.54) is 4.68 Å². The lowest BCUT2D eigenvalue weighted by atomic mass is 9.88. The van der Waals surface area contributed by atoms with Gasteiger partial charge in [-0.2, -0.15) is 5.10 Å². The van der Waals surface area contributed by atoms with Crippen molar-refractivity contribution in [1.82, 2.24) is 15.1 Å². The Bertz CT molecular complexity index is 776. The number of aromatic nitrogens is 2. The molecule has 1 aromatic carbocycles. The number of rotatable bonds is 7. The minimum atomic E-state index is -0.170. The second-order valence-electron chi connectivity index (χ2n) is 6.40. The van der Waals surface area contributed by atoms with Crippen molar-refractivity contribution < 1.29 is 9.59 Å². The van der Waals surface area contributed by atoms with Crippen LogP contribution in [0.1, 0.15) is 6.92 Å². The van der Waals surface area contributed by atoms with Crippen molar-refractivity contribution in [3.8, 4) is 0 Å². The fourth-order valence-corrected chi connectivity index (χ4v) is 3.08. The molecule has 2 amide bonds. The molecule has 0 spiro atoms. The molecule has 1 atom stereocenters. The number of hydrogen-bond acceptors (Lipinski definition) is 5. The summed E-state index contributed by atoms with van der Waals surface area (Å²) in [4.78, 5) is 25.5. The molecule has 27 heavy (non-hydrogen) atoms. The molecule has 2 heterocycles. The van der Waals surface area contributed by atoms with E-state index in [4.69, 9.17) is 0 Å². The molecular weight excluding hydrogens is 386 g/mol. The first-order valence-corrected chi connectivity index (χ1v) is 9.75. The fraction of sp³-hybridized carbons (Fsp3) is 0.389. The number of carbonyl (C=O) groups is 2. The Morgan fingerprint density at radius 3 is 2.56 bits per heavy atom. The lowest BCUT2D eigenvalue weighted by Crippen LogP contribution is -2.48. The molecule has 9 heteroatoms. The zero-order valence-electron chi connectivity index (χ0n) is 15.3. The molecule has 3 N–H and O–H groups in total. The Balaban J connectivity index is 0.00000261. The number of hydrogen-bond donors (Lipinski definition) is 3.